The molecular weight excluding hydrogens is 354 g/mol. The molecule has 0 saturated carbocycles. The predicted octanol–water partition coefficient (Wildman–Crippen LogP) is 1.95. The van der Waals surface area contributed by atoms with E-state index in [0.29, 0.717) is 23.2 Å². The van der Waals surface area contributed by atoms with Crippen molar-refractivity contribution in [2.24, 2.45) is 0 Å². The summed E-state index contributed by atoms with van der Waals surface area (Å²) in [7, 11) is 1.42. The number of anilines is 3. The highest BCUT2D eigenvalue weighted by atomic mass is 32.2. The van der Waals surface area contributed by atoms with Gasteiger partial charge >= 0.3 is 0 Å². The number of methoxy groups -OCH3 is 1. The van der Waals surface area contributed by atoms with Crippen LogP contribution in [0.4, 0.5) is 17.5 Å². The maximum absolute atomic E-state index is 12.7. The van der Waals surface area contributed by atoms with Crippen LogP contribution in [-0.4, -0.2) is 52.7 Å². The number of hydrogen-bond donors (Lipinski definition) is 1. The maximum atomic E-state index is 12.7. The summed E-state index contributed by atoms with van der Waals surface area (Å²) in [4.78, 5) is 12.9. The topological polar surface area (TPSA) is 87.7 Å². The van der Waals surface area contributed by atoms with Gasteiger partial charge in [-0.2, -0.15) is 4.98 Å². The van der Waals surface area contributed by atoms with E-state index < -0.39 is 10.0 Å². The minimum atomic E-state index is -3.75. The second kappa shape index (κ2) is 7.36. The Balaban J connectivity index is 1.89. The van der Waals surface area contributed by atoms with Gasteiger partial charge in [0, 0.05) is 27.2 Å². The number of nitrogens with one attached hydrogen (secondary N) is 1. The number of hydrogen-bond acceptors (Lipinski definition) is 7. The van der Waals surface area contributed by atoms with Crippen LogP contribution in [0.1, 0.15) is 12.8 Å². The lowest BCUT2D eigenvalue weighted by Crippen LogP contribution is -2.24. The summed E-state index contributed by atoms with van der Waals surface area (Å²) in [5.74, 6) is 1.74. The third-order valence-electron chi connectivity index (χ3n) is 4.18. The molecule has 1 aromatic carbocycles. The molecule has 1 aliphatic rings. The Hall–Kier alpha value is -2.55. The monoisotopic (exact) mass is 377 g/mol. The van der Waals surface area contributed by atoms with Crippen molar-refractivity contribution >= 4 is 27.5 Å². The number of benzene rings is 1. The van der Waals surface area contributed by atoms with Crippen LogP contribution in [0.15, 0.2) is 35.4 Å². The van der Waals surface area contributed by atoms with Gasteiger partial charge in [0.1, 0.15) is 11.4 Å². The number of ether oxygens (including phenoxy) is 1. The molecule has 0 radical (unpaired) electrons. The summed E-state index contributed by atoms with van der Waals surface area (Å²) < 4.78 is 33.0. The first-order valence-electron chi connectivity index (χ1n) is 8.37. The number of sulfonamides is 1. The molecule has 8 nitrogen and oxygen atoms in total. The quantitative estimate of drug-likeness (QED) is 0.823. The lowest BCUT2D eigenvalue weighted by atomic mass is 10.3. The minimum absolute atomic E-state index is 0.145. The molecule has 1 aliphatic heterocycles. The van der Waals surface area contributed by atoms with Gasteiger partial charge < -0.3 is 14.5 Å². The molecule has 2 heterocycles. The van der Waals surface area contributed by atoms with E-state index in [1.807, 2.05) is 14.1 Å². The number of rotatable bonds is 6. The SMILES string of the molecule is COc1ccc(S(=O)(=O)Nc2cnc(N3CCCC3)nc2N(C)C)cc1. The summed E-state index contributed by atoms with van der Waals surface area (Å²) in [6.45, 7) is 1.84. The first-order valence-corrected chi connectivity index (χ1v) is 9.85. The Morgan fingerprint density at radius 1 is 1.15 bits per heavy atom. The smallest absolute Gasteiger partial charge is 0.262 e. The molecule has 1 N–H and O–H groups in total. The summed E-state index contributed by atoms with van der Waals surface area (Å²) in [5.41, 5.74) is 0.341. The van der Waals surface area contributed by atoms with E-state index in [1.165, 1.54) is 25.4 Å². The Morgan fingerprint density at radius 3 is 2.38 bits per heavy atom. The maximum Gasteiger partial charge on any atom is 0.262 e. The van der Waals surface area contributed by atoms with E-state index in [1.54, 1.807) is 17.0 Å². The molecule has 0 unspecified atom stereocenters. The van der Waals surface area contributed by atoms with Crippen LogP contribution in [0.25, 0.3) is 0 Å². The van der Waals surface area contributed by atoms with Crippen LogP contribution < -0.4 is 19.3 Å². The Bertz CT molecular complexity index is 862. The van der Waals surface area contributed by atoms with Gasteiger partial charge in [0.05, 0.1) is 18.2 Å². The van der Waals surface area contributed by atoms with Gasteiger partial charge in [-0.15, -0.1) is 0 Å². The lowest BCUT2D eigenvalue weighted by molar-refractivity contribution is 0.414. The lowest BCUT2D eigenvalue weighted by Gasteiger charge is -2.21. The van der Waals surface area contributed by atoms with Crippen LogP contribution in [0.2, 0.25) is 0 Å². The third-order valence-corrected chi connectivity index (χ3v) is 5.56. The third kappa shape index (κ3) is 3.82. The Labute approximate surface area is 153 Å². The van der Waals surface area contributed by atoms with E-state index in [-0.39, 0.29) is 4.90 Å². The highest BCUT2D eigenvalue weighted by Gasteiger charge is 2.21. The van der Waals surface area contributed by atoms with Gasteiger partial charge in [0.25, 0.3) is 10.0 Å². The molecule has 0 spiro atoms. The van der Waals surface area contributed by atoms with Crippen molar-refractivity contribution in [3.8, 4) is 5.75 Å². The molecule has 1 aromatic heterocycles. The molecule has 140 valence electrons. The van der Waals surface area contributed by atoms with Gasteiger partial charge in [-0.25, -0.2) is 13.4 Å². The van der Waals surface area contributed by atoms with Crippen molar-refractivity contribution < 1.29 is 13.2 Å². The first-order chi connectivity index (χ1) is 12.4. The molecule has 9 heteroatoms. The molecule has 0 amide bonds. The van der Waals surface area contributed by atoms with Crippen LogP contribution in [-0.2, 0) is 10.0 Å². The van der Waals surface area contributed by atoms with Crippen LogP contribution in [0, 0.1) is 0 Å². The molecule has 1 saturated heterocycles. The molecule has 0 bridgehead atoms. The van der Waals surface area contributed by atoms with Gasteiger partial charge in [0.15, 0.2) is 5.82 Å². The fourth-order valence-electron chi connectivity index (χ4n) is 2.80. The molecule has 26 heavy (non-hydrogen) atoms. The van der Waals surface area contributed by atoms with Crippen molar-refractivity contribution in [2.45, 2.75) is 17.7 Å². The van der Waals surface area contributed by atoms with E-state index in [9.17, 15) is 8.42 Å². The van der Waals surface area contributed by atoms with Gasteiger partial charge in [-0.05, 0) is 37.1 Å². The van der Waals surface area contributed by atoms with E-state index in [2.05, 4.69) is 19.6 Å². The van der Waals surface area contributed by atoms with Gasteiger partial charge in [0.2, 0.25) is 5.95 Å². The van der Waals surface area contributed by atoms with Crippen molar-refractivity contribution in [1.82, 2.24) is 9.97 Å². The number of nitrogens with zero attached hydrogens (tertiary/aromatic N) is 4. The molecular formula is C17H23N5O3S. The Morgan fingerprint density at radius 2 is 1.81 bits per heavy atom. The fourth-order valence-corrected chi connectivity index (χ4v) is 3.85. The summed E-state index contributed by atoms with van der Waals surface area (Å²) >= 11 is 0. The number of aromatic nitrogens is 2. The highest BCUT2D eigenvalue weighted by Crippen LogP contribution is 2.27. The molecule has 2 aromatic rings. The van der Waals surface area contributed by atoms with Gasteiger partial charge in [-0.1, -0.05) is 0 Å². The standard InChI is InChI=1S/C17H23N5O3S/c1-21(2)16-15(12-18-17(19-16)22-10-4-5-11-22)20-26(23,24)14-8-6-13(25-3)7-9-14/h6-9,12,20H,4-5,10-11H2,1-3H3. The van der Waals surface area contributed by atoms with Crippen LogP contribution in [0.3, 0.4) is 0 Å². The normalized spacial score (nSPS) is 14.3. The highest BCUT2D eigenvalue weighted by molar-refractivity contribution is 7.92. The molecule has 0 aliphatic carbocycles. The van der Waals surface area contributed by atoms with Crippen molar-refractivity contribution in [3.63, 3.8) is 0 Å². The fraction of sp³-hybridized carbons (Fsp3) is 0.412. The first kappa shape index (κ1) is 18.2. The van der Waals surface area contributed by atoms with Crippen LogP contribution >= 0.6 is 0 Å². The predicted molar refractivity (Wildman–Crippen MR) is 102 cm³/mol. The second-order valence-corrected chi connectivity index (χ2v) is 7.96. The molecule has 3 rings (SSSR count). The largest absolute Gasteiger partial charge is 0.497 e. The molecule has 0 atom stereocenters. The second-order valence-electron chi connectivity index (χ2n) is 6.28. The van der Waals surface area contributed by atoms with Crippen molar-refractivity contribution in [1.29, 1.82) is 0 Å². The summed E-state index contributed by atoms with van der Waals surface area (Å²) in [6, 6.07) is 6.20. The average molecular weight is 377 g/mol. The van der Waals surface area contributed by atoms with E-state index >= 15 is 0 Å². The van der Waals surface area contributed by atoms with Crippen LogP contribution in [0.5, 0.6) is 5.75 Å². The zero-order valence-corrected chi connectivity index (χ0v) is 16.0. The van der Waals surface area contributed by atoms with E-state index in [0.717, 1.165) is 25.9 Å². The van der Waals surface area contributed by atoms with Crippen molar-refractivity contribution in [3.05, 3.63) is 30.5 Å². The van der Waals surface area contributed by atoms with Gasteiger partial charge in [-0.3, -0.25) is 4.72 Å². The van der Waals surface area contributed by atoms with E-state index in [4.69, 9.17) is 4.74 Å². The minimum Gasteiger partial charge on any atom is -0.497 e. The zero-order valence-electron chi connectivity index (χ0n) is 15.1. The summed E-state index contributed by atoms with van der Waals surface area (Å²) in [5, 5.41) is 0. The summed E-state index contributed by atoms with van der Waals surface area (Å²) in [6.07, 6.45) is 3.76. The zero-order chi connectivity index (χ0) is 18.7. The Kier molecular flexibility index (Phi) is 5.17. The van der Waals surface area contributed by atoms with Crippen molar-refractivity contribution in [2.75, 3.05) is 48.8 Å². The average Bonchev–Trinajstić information content (AvgIpc) is 3.16. The molecule has 1 fully saturated rings.